The fraction of sp³-hybridized carbons (Fsp3) is 0.545. The zero-order valence-electron chi connectivity index (χ0n) is 11.1. The van der Waals surface area contributed by atoms with E-state index in [4.69, 9.17) is 10.9 Å². The van der Waals surface area contributed by atoms with Crippen LogP contribution in [0.1, 0.15) is 26.0 Å². The standard InChI is InChI=1S/C11H16F3N5O/c1-7(2)19(6-5-9(15)18-20)10-4-3-8(16-17-10)11(12,13)14/h3-4,7,20H,5-6H2,1-2H3,(H2,15,18). The molecule has 0 fully saturated rings. The van der Waals surface area contributed by atoms with Crippen LogP contribution >= 0.6 is 0 Å². The van der Waals surface area contributed by atoms with Gasteiger partial charge >= 0.3 is 6.18 Å². The summed E-state index contributed by atoms with van der Waals surface area (Å²) in [6, 6.07) is 2.11. The van der Waals surface area contributed by atoms with Crippen LogP contribution in [0.5, 0.6) is 0 Å². The molecule has 0 atom stereocenters. The molecule has 0 amide bonds. The largest absolute Gasteiger partial charge is 0.435 e. The van der Waals surface area contributed by atoms with Crippen molar-refractivity contribution < 1.29 is 18.4 Å². The van der Waals surface area contributed by atoms with E-state index in [-0.39, 0.29) is 18.3 Å². The number of hydrogen-bond acceptors (Lipinski definition) is 5. The van der Waals surface area contributed by atoms with Crippen molar-refractivity contribution in [2.24, 2.45) is 10.9 Å². The van der Waals surface area contributed by atoms with Crippen molar-refractivity contribution in [3.05, 3.63) is 17.8 Å². The van der Waals surface area contributed by atoms with Crippen molar-refractivity contribution >= 4 is 11.7 Å². The van der Waals surface area contributed by atoms with E-state index in [1.165, 1.54) is 6.07 Å². The molecule has 9 heteroatoms. The Labute approximate surface area is 114 Å². The maximum atomic E-state index is 12.4. The highest BCUT2D eigenvalue weighted by Crippen LogP contribution is 2.27. The molecular formula is C11H16F3N5O. The number of aromatic nitrogens is 2. The van der Waals surface area contributed by atoms with Gasteiger partial charge in [0.05, 0.1) is 0 Å². The molecule has 0 unspecified atom stereocenters. The molecule has 1 aromatic heterocycles. The van der Waals surface area contributed by atoms with Gasteiger partial charge in [0.2, 0.25) is 0 Å². The fourth-order valence-electron chi connectivity index (χ4n) is 1.55. The topological polar surface area (TPSA) is 87.6 Å². The second kappa shape index (κ2) is 6.40. The van der Waals surface area contributed by atoms with E-state index in [9.17, 15) is 13.2 Å². The van der Waals surface area contributed by atoms with Crippen LogP contribution in [-0.4, -0.2) is 33.8 Å². The van der Waals surface area contributed by atoms with Gasteiger partial charge in [0.15, 0.2) is 11.5 Å². The van der Waals surface area contributed by atoms with Gasteiger partial charge in [-0.05, 0) is 26.0 Å². The van der Waals surface area contributed by atoms with E-state index in [1.54, 1.807) is 4.90 Å². The molecule has 6 nitrogen and oxygen atoms in total. The molecule has 3 N–H and O–H groups in total. The Morgan fingerprint density at radius 3 is 2.45 bits per heavy atom. The van der Waals surface area contributed by atoms with Crippen molar-refractivity contribution in [3.8, 4) is 0 Å². The minimum absolute atomic E-state index is 0.0208. The average Bonchev–Trinajstić information content (AvgIpc) is 2.37. The second-order valence-electron chi connectivity index (χ2n) is 4.40. The molecule has 1 heterocycles. The Morgan fingerprint density at radius 1 is 1.40 bits per heavy atom. The van der Waals surface area contributed by atoms with Crippen LogP contribution in [0.25, 0.3) is 0 Å². The fourth-order valence-corrected chi connectivity index (χ4v) is 1.55. The third kappa shape index (κ3) is 4.25. The second-order valence-corrected chi connectivity index (χ2v) is 4.40. The Morgan fingerprint density at radius 2 is 2.05 bits per heavy atom. The highest BCUT2D eigenvalue weighted by Gasteiger charge is 2.33. The first-order valence-electron chi connectivity index (χ1n) is 5.89. The van der Waals surface area contributed by atoms with Crippen LogP contribution in [0, 0.1) is 0 Å². The van der Waals surface area contributed by atoms with E-state index in [1.807, 2.05) is 13.8 Å². The summed E-state index contributed by atoms with van der Waals surface area (Å²) in [6.07, 6.45) is -4.25. The van der Waals surface area contributed by atoms with Gasteiger partial charge in [0.1, 0.15) is 5.84 Å². The summed E-state index contributed by atoms with van der Waals surface area (Å²) < 4.78 is 37.2. The van der Waals surface area contributed by atoms with Gasteiger partial charge in [-0.25, -0.2) is 0 Å². The van der Waals surface area contributed by atoms with Gasteiger partial charge in [-0.2, -0.15) is 13.2 Å². The lowest BCUT2D eigenvalue weighted by Gasteiger charge is -2.27. The molecule has 0 aromatic carbocycles. The van der Waals surface area contributed by atoms with Gasteiger partial charge in [0, 0.05) is 19.0 Å². The van der Waals surface area contributed by atoms with Crippen LogP contribution in [0.3, 0.4) is 0 Å². The summed E-state index contributed by atoms with van der Waals surface area (Å²) in [6.45, 7) is 4.06. The van der Waals surface area contributed by atoms with Gasteiger partial charge in [-0.1, -0.05) is 5.16 Å². The smallest absolute Gasteiger partial charge is 0.409 e. The molecule has 0 bridgehead atoms. The number of rotatable bonds is 5. The Balaban J connectivity index is 2.87. The van der Waals surface area contributed by atoms with E-state index in [2.05, 4.69) is 15.4 Å². The lowest BCUT2D eigenvalue weighted by molar-refractivity contribution is -0.141. The Kier molecular flexibility index (Phi) is 5.12. The molecule has 0 aliphatic carbocycles. The van der Waals surface area contributed by atoms with E-state index >= 15 is 0 Å². The Hall–Kier alpha value is -2.06. The number of nitrogens with zero attached hydrogens (tertiary/aromatic N) is 4. The first kappa shape index (κ1) is 16.0. The number of nitrogens with two attached hydrogens (primary N) is 1. The summed E-state index contributed by atoms with van der Waals surface area (Å²) in [7, 11) is 0. The van der Waals surface area contributed by atoms with E-state index in [0.29, 0.717) is 12.4 Å². The zero-order chi connectivity index (χ0) is 15.3. The van der Waals surface area contributed by atoms with Crippen molar-refractivity contribution in [2.75, 3.05) is 11.4 Å². The molecule has 1 aromatic rings. The average molecular weight is 291 g/mol. The lowest BCUT2D eigenvalue weighted by atomic mass is 10.2. The van der Waals surface area contributed by atoms with Crippen molar-refractivity contribution in [1.82, 2.24) is 10.2 Å². The summed E-state index contributed by atoms with van der Waals surface area (Å²) in [5.74, 6) is 0.342. The van der Waals surface area contributed by atoms with Crippen LogP contribution in [0.4, 0.5) is 19.0 Å². The number of halogens is 3. The molecule has 0 saturated carbocycles. The Bertz CT molecular complexity index is 458. The van der Waals surface area contributed by atoms with E-state index in [0.717, 1.165) is 6.07 Å². The molecular weight excluding hydrogens is 275 g/mol. The summed E-state index contributed by atoms with van der Waals surface area (Å²) >= 11 is 0. The minimum Gasteiger partial charge on any atom is -0.409 e. The molecule has 20 heavy (non-hydrogen) atoms. The van der Waals surface area contributed by atoms with E-state index < -0.39 is 11.9 Å². The zero-order valence-corrected chi connectivity index (χ0v) is 11.1. The molecule has 1 rings (SSSR count). The highest BCUT2D eigenvalue weighted by atomic mass is 19.4. The number of amidine groups is 1. The third-order valence-corrected chi connectivity index (χ3v) is 2.60. The quantitative estimate of drug-likeness (QED) is 0.374. The van der Waals surface area contributed by atoms with Gasteiger partial charge < -0.3 is 15.8 Å². The van der Waals surface area contributed by atoms with Crippen LogP contribution in [0.2, 0.25) is 0 Å². The first-order chi connectivity index (χ1) is 9.25. The summed E-state index contributed by atoms with van der Waals surface area (Å²) in [4.78, 5) is 1.71. The lowest BCUT2D eigenvalue weighted by Crippen LogP contribution is -2.35. The molecule has 0 spiro atoms. The van der Waals surface area contributed by atoms with Crippen LogP contribution in [0.15, 0.2) is 17.3 Å². The van der Waals surface area contributed by atoms with Crippen LogP contribution < -0.4 is 10.6 Å². The molecule has 112 valence electrons. The molecule has 0 aliphatic heterocycles. The summed E-state index contributed by atoms with van der Waals surface area (Å²) in [5.41, 5.74) is 4.33. The maximum Gasteiger partial charge on any atom is 0.435 e. The molecule has 0 aliphatic rings. The van der Waals surface area contributed by atoms with Crippen LogP contribution in [-0.2, 0) is 6.18 Å². The monoisotopic (exact) mass is 291 g/mol. The van der Waals surface area contributed by atoms with Crippen molar-refractivity contribution in [1.29, 1.82) is 0 Å². The van der Waals surface area contributed by atoms with Gasteiger partial charge in [-0.15, -0.1) is 10.2 Å². The first-order valence-corrected chi connectivity index (χ1v) is 5.89. The number of hydrogen-bond donors (Lipinski definition) is 2. The van der Waals surface area contributed by atoms with Gasteiger partial charge in [0.25, 0.3) is 0 Å². The summed E-state index contributed by atoms with van der Waals surface area (Å²) in [5, 5.41) is 18.1. The van der Waals surface area contributed by atoms with Crippen molar-refractivity contribution in [3.63, 3.8) is 0 Å². The predicted molar refractivity (Wildman–Crippen MR) is 67.5 cm³/mol. The maximum absolute atomic E-state index is 12.4. The van der Waals surface area contributed by atoms with Gasteiger partial charge in [-0.3, -0.25) is 0 Å². The van der Waals surface area contributed by atoms with Crippen molar-refractivity contribution in [2.45, 2.75) is 32.5 Å². The molecule has 0 radical (unpaired) electrons. The SMILES string of the molecule is CC(C)N(CC/C(N)=N/O)c1ccc(C(F)(F)F)nn1. The number of oxime groups is 1. The predicted octanol–water partition coefficient (Wildman–Crippen LogP) is 1.85. The number of anilines is 1. The number of alkyl halides is 3. The highest BCUT2D eigenvalue weighted by molar-refractivity contribution is 5.80. The minimum atomic E-state index is -4.51. The molecule has 0 saturated heterocycles. The normalized spacial score (nSPS) is 12.8. The third-order valence-electron chi connectivity index (χ3n) is 2.60.